The van der Waals surface area contributed by atoms with Gasteiger partial charge in [0.15, 0.2) is 0 Å². The minimum atomic E-state index is -0.160. The summed E-state index contributed by atoms with van der Waals surface area (Å²) in [7, 11) is 1.61. The molecule has 2 amide bonds. The Morgan fingerprint density at radius 1 is 1.29 bits per heavy atom. The van der Waals surface area contributed by atoms with Crippen molar-refractivity contribution >= 4 is 17.5 Å². The lowest BCUT2D eigenvalue weighted by atomic mass is 9.86. The highest BCUT2D eigenvalue weighted by atomic mass is 16.5. The van der Waals surface area contributed by atoms with Crippen molar-refractivity contribution in [3.8, 4) is 0 Å². The van der Waals surface area contributed by atoms with Gasteiger partial charge in [-0.2, -0.15) is 0 Å². The van der Waals surface area contributed by atoms with Crippen LogP contribution in [0, 0.1) is 11.8 Å². The number of fused-ring (bicyclic) bond motifs is 1. The number of ether oxygens (including phenoxy) is 1. The Hall–Kier alpha value is -2.01. The number of allylic oxidation sites excluding steroid dienone is 3. The van der Waals surface area contributed by atoms with Crippen LogP contribution in [0.1, 0.15) is 38.5 Å². The molecule has 0 aromatic carbocycles. The number of nitrogens with one attached hydrogen (secondary N) is 1. The fraction of sp³-hybridized carbons (Fsp3) is 0.526. The maximum absolute atomic E-state index is 12.2. The van der Waals surface area contributed by atoms with Crippen molar-refractivity contribution < 1.29 is 14.3 Å². The highest BCUT2D eigenvalue weighted by Crippen LogP contribution is 2.28. The monoisotopic (exact) mass is 328 g/mol. The number of nitrogens with zero attached hydrogens (tertiary/aromatic N) is 1. The van der Waals surface area contributed by atoms with E-state index in [2.05, 4.69) is 10.3 Å². The standard InChI is InChI=1S/C19H24N2O3/c1-24-12-14-10-19(23)21-17-11-15(7-8-16(14)17)20-18(22)9-13-5-3-2-4-6-13/h7-8,10-11,13,16H,2-6,9,12H2,1H3,(H,21,23). The van der Waals surface area contributed by atoms with E-state index in [1.807, 2.05) is 12.2 Å². The van der Waals surface area contributed by atoms with Crippen molar-refractivity contribution in [1.82, 2.24) is 5.32 Å². The molecule has 3 rings (SSSR count). The lowest BCUT2D eigenvalue weighted by molar-refractivity contribution is -0.119. The van der Waals surface area contributed by atoms with Crippen LogP contribution in [0.4, 0.5) is 0 Å². The molecule has 5 heteroatoms. The quantitative estimate of drug-likeness (QED) is 0.863. The van der Waals surface area contributed by atoms with E-state index in [0.717, 1.165) is 24.1 Å². The van der Waals surface area contributed by atoms with Crippen LogP contribution in [-0.2, 0) is 14.3 Å². The molecule has 5 nitrogen and oxygen atoms in total. The Bertz CT molecular complexity index is 637. The number of hydrogen-bond acceptors (Lipinski definition) is 3. The van der Waals surface area contributed by atoms with Crippen molar-refractivity contribution in [3.63, 3.8) is 0 Å². The molecule has 1 saturated carbocycles. The molecule has 1 aliphatic heterocycles. The molecule has 0 aromatic heterocycles. The fourth-order valence-corrected chi connectivity index (χ4v) is 3.66. The Labute approximate surface area is 142 Å². The number of carbonyl (C=O) groups excluding carboxylic acids is 2. The van der Waals surface area contributed by atoms with Gasteiger partial charge < -0.3 is 10.1 Å². The van der Waals surface area contributed by atoms with Gasteiger partial charge in [-0.1, -0.05) is 25.3 Å². The zero-order valence-electron chi connectivity index (χ0n) is 14.1. The van der Waals surface area contributed by atoms with Gasteiger partial charge in [-0.3, -0.25) is 9.59 Å². The van der Waals surface area contributed by atoms with Crippen LogP contribution in [0.15, 0.2) is 40.6 Å². The number of rotatable bonds is 4. The SMILES string of the molecule is COCC1=CC(=O)NC2=CC(=NC(=O)CC3CCCCC3)C=CC12. The molecular weight excluding hydrogens is 304 g/mol. The van der Waals surface area contributed by atoms with Crippen LogP contribution in [0.5, 0.6) is 0 Å². The number of aliphatic imine (C=N–C) groups is 1. The molecule has 0 radical (unpaired) electrons. The topological polar surface area (TPSA) is 67.8 Å². The smallest absolute Gasteiger partial charge is 0.248 e. The van der Waals surface area contributed by atoms with Crippen molar-refractivity contribution in [2.24, 2.45) is 16.8 Å². The third kappa shape index (κ3) is 4.09. The zero-order chi connectivity index (χ0) is 16.9. The number of carbonyl (C=O) groups is 2. The molecular formula is C19H24N2O3. The van der Waals surface area contributed by atoms with Gasteiger partial charge >= 0.3 is 0 Å². The summed E-state index contributed by atoms with van der Waals surface area (Å²) in [6.45, 7) is 0.410. The number of methoxy groups -OCH3 is 1. The van der Waals surface area contributed by atoms with Crippen molar-refractivity contribution in [2.45, 2.75) is 38.5 Å². The van der Waals surface area contributed by atoms with E-state index in [9.17, 15) is 9.59 Å². The van der Waals surface area contributed by atoms with Gasteiger partial charge in [0.1, 0.15) is 0 Å². The van der Waals surface area contributed by atoms with Crippen molar-refractivity contribution in [1.29, 1.82) is 0 Å². The molecule has 0 aromatic rings. The minimum Gasteiger partial charge on any atom is -0.380 e. The van der Waals surface area contributed by atoms with Gasteiger partial charge in [0.05, 0.1) is 12.3 Å². The van der Waals surface area contributed by atoms with Crippen molar-refractivity contribution in [2.75, 3.05) is 13.7 Å². The van der Waals surface area contributed by atoms with Gasteiger partial charge in [-0.25, -0.2) is 4.99 Å². The Morgan fingerprint density at radius 2 is 2.08 bits per heavy atom. The third-order valence-corrected chi connectivity index (χ3v) is 4.83. The van der Waals surface area contributed by atoms with Crippen LogP contribution in [0.3, 0.4) is 0 Å². The van der Waals surface area contributed by atoms with Crippen LogP contribution >= 0.6 is 0 Å². The van der Waals surface area contributed by atoms with E-state index >= 15 is 0 Å². The molecule has 0 saturated heterocycles. The predicted molar refractivity (Wildman–Crippen MR) is 92.4 cm³/mol. The molecule has 3 aliphatic rings. The molecule has 1 N–H and O–H groups in total. The molecule has 0 bridgehead atoms. The Morgan fingerprint density at radius 3 is 2.83 bits per heavy atom. The number of amides is 2. The second-order valence-corrected chi connectivity index (χ2v) is 6.72. The molecule has 1 atom stereocenters. The summed E-state index contributed by atoms with van der Waals surface area (Å²) in [4.78, 5) is 28.2. The molecule has 24 heavy (non-hydrogen) atoms. The zero-order valence-corrected chi connectivity index (χ0v) is 14.1. The highest BCUT2D eigenvalue weighted by Gasteiger charge is 2.26. The van der Waals surface area contributed by atoms with Crippen LogP contribution in [-0.4, -0.2) is 31.2 Å². The summed E-state index contributed by atoms with van der Waals surface area (Å²) in [6, 6.07) is 0. The first-order valence-electron chi connectivity index (χ1n) is 8.67. The fourth-order valence-electron chi connectivity index (χ4n) is 3.66. The second kappa shape index (κ2) is 7.71. The molecule has 0 spiro atoms. The third-order valence-electron chi connectivity index (χ3n) is 4.83. The molecule has 1 fully saturated rings. The van der Waals surface area contributed by atoms with Crippen molar-refractivity contribution in [3.05, 3.63) is 35.6 Å². The first-order valence-corrected chi connectivity index (χ1v) is 8.67. The average Bonchev–Trinajstić information content (AvgIpc) is 2.55. The van der Waals surface area contributed by atoms with Crippen LogP contribution in [0.2, 0.25) is 0 Å². The number of hydrogen-bond donors (Lipinski definition) is 1. The highest BCUT2D eigenvalue weighted by molar-refractivity contribution is 6.11. The first-order chi connectivity index (χ1) is 11.7. The summed E-state index contributed by atoms with van der Waals surface area (Å²) < 4.78 is 5.16. The summed E-state index contributed by atoms with van der Waals surface area (Å²) in [6.07, 6.45) is 13.7. The Kier molecular flexibility index (Phi) is 5.41. The minimum absolute atomic E-state index is 0.00459. The maximum atomic E-state index is 12.2. The first kappa shape index (κ1) is 16.8. The van der Waals surface area contributed by atoms with Crippen LogP contribution in [0.25, 0.3) is 0 Å². The van der Waals surface area contributed by atoms with Crippen LogP contribution < -0.4 is 5.32 Å². The summed E-state index contributed by atoms with van der Waals surface area (Å²) in [5.74, 6) is 0.253. The van der Waals surface area contributed by atoms with E-state index in [1.54, 1.807) is 19.3 Å². The van der Waals surface area contributed by atoms with Gasteiger partial charge in [-0.15, -0.1) is 0 Å². The van der Waals surface area contributed by atoms with E-state index < -0.39 is 0 Å². The van der Waals surface area contributed by atoms with E-state index in [4.69, 9.17) is 4.74 Å². The largest absolute Gasteiger partial charge is 0.380 e. The molecule has 1 unspecified atom stereocenters. The molecule has 128 valence electrons. The summed E-state index contributed by atoms with van der Waals surface area (Å²) >= 11 is 0. The summed E-state index contributed by atoms with van der Waals surface area (Å²) in [5, 5.41) is 2.84. The maximum Gasteiger partial charge on any atom is 0.248 e. The molecule has 1 heterocycles. The lowest BCUT2D eigenvalue weighted by Gasteiger charge is -2.27. The Balaban J connectivity index is 1.68. The average molecular weight is 328 g/mol. The van der Waals surface area contributed by atoms with Gasteiger partial charge in [0, 0.05) is 31.2 Å². The van der Waals surface area contributed by atoms with Gasteiger partial charge in [0.2, 0.25) is 11.8 Å². The van der Waals surface area contributed by atoms with E-state index in [1.165, 1.54) is 19.3 Å². The normalized spacial score (nSPS) is 25.8. The molecule has 2 aliphatic carbocycles. The second-order valence-electron chi connectivity index (χ2n) is 6.72. The predicted octanol–water partition coefficient (Wildman–Crippen LogP) is 2.70. The summed E-state index contributed by atoms with van der Waals surface area (Å²) in [5.41, 5.74) is 2.29. The lowest BCUT2D eigenvalue weighted by Crippen LogP contribution is -2.34. The van der Waals surface area contributed by atoms with E-state index in [0.29, 0.717) is 24.7 Å². The van der Waals surface area contributed by atoms with Gasteiger partial charge in [0.25, 0.3) is 0 Å². The van der Waals surface area contributed by atoms with Gasteiger partial charge in [-0.05, 0) is 36.5 Å². The van der Waals surface area contributed by atoms with E-state index in [-0.39, 0.29) is 17.7 Å².